The molecule has 2 heterocycles. The van der Waals surface area contributed by atoms with Gasteiger partial charge in [0.25, 0.3) is 5.91 Å². The van der Waals surface area contributed by atoms with Gasteiger partial charge in [-0.3, -0.25) is 4.79 Å². The van der Waals surface area contributed by atoms with Gasteiger partial charge in [0, 0.05) is 18.3 Å². The van der Waals surface area contributed by atoms with Crippen LogP contribution < -0.4 is 10.6 Å². The van der Waals surface area contributed by atoms with Crippen molar-refractivity contribution < 1.29 is 4.79 Å². The fourth-order valence-corrected chi connectivity index (χ4v) is 2.13. The van der Waals surface area contributed by atoms with Crippen molar-refractivity contribution in [1.29, 1.82) is 0 Å². The molecule has 1 aliphatic heterocycles. The van der Waals surface area contributed by atoms with Crippen LogP contribution in [0.2, 0.25) is 5.28 Å². The average molecular weight is 255 g/mol. The first-order chi connectivity index (χ1) is 8.15. The van der Waals surface area contributed by atoms with Gasteiger partial charge in [-0.2, -0.15) is 0 Å². The second kappa shape index (κ2) is 5.42. The number of rotatable bonds is 2. The van der Waals surface area contributed by atoms with Gasteiger partial charge in [-0.05, 0) is 44.0 Å². The Hall–Kier alpha value is -1.20. The number of piperidine rings is 1. The fourth-order valence-electron chi connectivity index (χ4n) is 1.98. The molecule has 1 aromatic rings. The van der Waals surface area contributed by atoms with Gasteiger partial charge in [0.15, 0.2) is 0 Å². The minimum Gasteiger partial charge on any atom is -0.348 e. The van der Waals surface area contributed by atoms with Gasteiger partial charge in [0.2, 0.25) is 5.28 Å². The molecule has 1 unspecified atom stereocenters. The molecule has 1 amide bonds. The first-order valence-corrected chi connectivity index (χ1v) is 6.06. The highest BCUT2D eigenvalue weighted by molar-refractivity contribution is 6.28. The molecular weight excluding hydrogens is 240 g/mol. The summed E-state index contributed by atoms with van der Waals surface area (Å²) in [4.78, 5) is 19.5. The van der Waals surface area contributed by atoms with Crippen LogP contribution in [0.5, 0.6) is 0 Å². The Morgan fingerprint density at radius 3 is 3.18 bits per heavy atom. The van der Waals surface area contributed by atoms with E-state index in [4.69, 9.17) is 11.6 Å². The highest BCUT2D eigenvalue weighted by Gasteiger charge is 2.20. The summed E-state index contributed by atoms with van der Waals surface area (Å²) in [5.74, 6) is -0.187. The molecule has 1 aromatic heterocycles. The van der Waals surface area contributed by atoms with E-state index < -0.39 is 0 Å². The molecule has 2 N–H and O–H groups in total. The van der Waals surface area contributed by atoms with E-state index in [0.717, 1.165) is 19.4 Å². The maximum absolute atomic E-state index is 11.9. The summed E-state index contributed by atoms with van der Waals surface area (Å²) in [6.45, 7) is 3.04. The first kappa shape index (κ1) is 12.3. The lowest BCUT2D eigenvalue weighted by Crippen LogP contribution is -2.46. The van der Waals surface area contributed by atoms with Crippen molar-refractivity contribution in [1.82, 2.24) is 20.6 Å². The Balaban J connectivity index is 1.97. The highest BCUT2D eigenvalue weighted by atomic mass is 35.5. The van der Waals surface area contributed by atoms with Crippen molar-refractivity contribution in [2.24, 2.45) is 0 Å². The standard InChI is InChI=1S/C11H15ClN4O/c1-7-6-8(2-4-13-7)15-10(17)9-3-5-14-11(12)16-9/h3,5,7-8,13H,2,4,6H2,1H3,(H,15,17)/t7-,8?/m0/s1. The maximum atomic E-state index is 11.9. The van der Waals surface area contributed by atoms with E-state index in [1.165, 1.54) is 6.20 Å². The van der Waals surface area contributed by atoms with Crippen molar-refractivity contribution in [3.05, 3.63) is 23.2 Å². The fraction of sp³-hybridized carbons (Fsp3) is 0.545. The van der Waals surface area contributed by atoms with E-state index in [1.807, 2.05) is 0 Å². The van der Waals surface area contributed by atoms with E-state index in [9.17, 15) is 4.79 Å². The number of nitrogens with zero attached hydrogens (tertiary/aromatic N) is 2. The molecule has 0 aliphatic carbocycles. The lowest BCUT2D eigenvalue weighted by Gasteiger charge is -2.28. The van der Waals surface area contributed by atoms with Crippen molar-refractivity contribution in [2.75, 3.05) is 6.54 Å². The van der Waals surface area contributed by atoms with Crippen molar-refractivity contribution in [3.8, 4) is 0 Å². The summed E-state index contributed by atoms with van der Waals surface area (Å²) in [5, 5.41) is 6.39. The molecule has 0 spiro atoms. The Labute approximate surface area is 105 Å². The molecule has 17 heavy (non-hydrogen) atoms. The molecule has 2 atom stereocenters. The summed E-state index contributed by atoms with van der Waals surface area (Å²) in [6, 6.07) is 2.20. The first-order valence-electron chi connectivity index (χ1n) is 5.68. The van der Waals surface area contributed by atoms with Crippen LogP contribution in [-0.2, 0) is 0 Å². The molecule has 1 aliphatic rings. The molecule has 5 nitrogen and oxygen atoms in total. The Bertz CT molecular complexity index is 412. The van der Waals surface area contributed by atoms with Gasteiger partial charge in [-0.15, -0.1) is 0 Å². The lowest BCUT2D eigenvalue weighted by atomic mass is 10.0. The summed E-state index contributed by atoms with van der Waals surface area (Å²) in [5.41, 5.74) is 0.316. The third-order valence-electron chi connectivity index (χ3n) is 2.82. The predicted octanol–water partition coefficient (Wildman–Crippen LogP) is 1.00. The second-order valence-corrected chi connectivity index (χ2v) is 4.60. The summed E-state index contributed by atoms with van der Waals surface area (Å²) in [6.07, 6.45) is 3.36. The zero-order valence-electron chi connectivity index (χ0n) is 9.61. The van der Waals surface area contributed by atoms with Gasteiger partial charge in [-0.25, -0.2) is 9.97 Å². The van der Waals surface area contributed by atoms with Crippen LogP contribution in [0.25, 0.3) is 0 Å². The summed E-state index contributed by atoms with van der Waals surface area (Å²) in [7, 11) is 0. The zero-order valence-corrected chi connectivity index (χ0v) is 10.4. The molecule has 1 fully saturated rings. The highest BCUT2D eigenvalue weighted by Crippen LogP contribution is 2.09. The molecule has 1 saturated heterocycles. The van der Waals surface area contributed by atoms with Gasteiger partial charge in [0.05, 0.1) is 0 Å². The van der Waals surface area contributed by atoms with Crippen LogP contribution in [-0.4, -0.2) is 34.5 Å². The quantitative estimate of drug-likeness (QED) is 0.773. The lowest BCUT2D eigenvalue weighted by molar-refractivity contribution is 0.0920. The smallest absolute Gasteiger partial charge is 0.270 e. The number of hydrogen-bond acceptors (Lipinski definition) is 4. The van der Waals surface area contributed by atoms with Gasteiger partial charge in [-0.1, -0.05) is 0 Å². The Kier molecular flexibility index (Phi) is 3.91. The number of aromatic nitrogens is 2. The van der Waals surface area contributed by atoms with Crippen molar-refractivity contribution in [2.45, 2.75) is 31.8 Å². The second-order valence-electron chi connectivity index (χ2n) is 4.26. The number of carbonyl (C=O) groups is 1. The van der Waals surface area contributed by atoms with Crippen LogP contribution in [0.3, 0.4) is 0 Å². The number of carbonyl (C=O) groups excluding carboxylic acids is 1. The molecule has 0 radical (unpaired) electrons. The normalized spacial score (nSPS) is 24.4. The van der Waals surface area contributed by atoms with Gasteiger partial charge in [0.1, 0.15) is 5.69 Å². The number of nitrogens with one attached hydrogen (secondary N) is 2. The molecule has 2 rings (SSSR count). The van der Waals surface area contributed by atoms with Gasteiger partial charge < -0.3 is 10.6 Å². The maximum Gasteiger partial charge on any atom is 0.270 e. The summed E-state index contributed by atoms with van der Waals surface area (Å²) >= 11 is 5.64. The average Bonchev–Trinajstić information content (AvgIpc) is 2.29. The number of hydrogen-bond donors (Lipinski definition) is 2. The topological polar surface area (TPSA) is 66.9 Å². The van der Waals surface area contributed by atoms with Crippen LogP contribution in [0, 0.1) is 0 Å². The van der Waals surface area contributed by atoms with Crippen molar-refractivity contribution in [3.63, 3.8) is 0 Å². The Morgan fingerprint density at radius 2 is 2.47 bits per heavy atom. The SMILES string of the molecule is C[C@H]1CC(NC(=O)c2ccnc(Cl)n2)CCN1. The van der Waals surface area contributed by atoms with E-state index in [1.54, 1.807) is 6.07 Å². The Morgan fingerprint density at radius 1 is 1.65 bits per heavy atom. The van der Waals surface area contributed by atoms with Crippen molar-refractivity contribution >= 4 is 17.5 Å². The molecule has 6 heteroatoms. The van der Waals surface area contributed by atoms with E-state index >= 15 is 0 Å². The zero-order chi connectivity index (χ0) is 12.3. The van der Waals surface area contributed by atoms with E-state index in [-0.39, 0.29) is 17.2 Å². The molecule has 0 saturated carbocycles. The third-order valence-corrected chi connectivity index (χ3v) is 3.00. The van der Waals surface area contributed by atoms with E-state index in [2.05, 4.69) is 27.5 Å². The largest absolute Gasteiger partial charge is 0.348 e. The van der Waals surface area contributed by atoms with Gasteiger partial charge >= 0.3 is 0 Å². The molecule has 92 valence electrons. The van der Waals surface area contributed by atoms with Crippen LogP contribution in [0.1, 0.15) is 30.3 Å². The molecule has 0 aromatic carbocycles. The summed E-state index contributed by atoms with van der Waals surface area (Å²) < 4.78 is 0. The molecule has 0 bridgehead atoms. The number of amides is 1. The van der Waals surface area contributed by atoms with Crippen LogP contribution in [0.15, 0.2) is 12.3 Å². The van der Waals surface area contributed by atoms with Crippen LogP contribution >= 0.6 is 11.6 Å². The van der Waals surface area contributed by atoms with E-state index in [0.29, 0.717) is 11.7 Å². The minimum absolute atomic E-state index is 0.0938. The monoisotopic (exact) mass is 254 g/mol. The number of halogens is 1. The predicted molar refractivity (Wildman–Crippen MR) is 65.0 cm³/mol. The minimum atomic E-state index is -0.187. The third kappa shape index (κ3) is 3.38. The molecular formula is C11H15ClN4O. The van der Waals surface area contributed by atoms with Crippen LogP contribution in [0.4, 0.5) is 0 Å².